The van der Waals surface area contributed by atoms with E-state index in [-0.39, 0.29) is 10.6 Å². The van der Waals surface area contributed by atoms with Crippen molar-refractivity contribution >= 4 is 5.69 Å². The molecule has 1 aromatic carbocycles. The number of nitro groups is 1. The lowest BCUT2D eigenvalue weighted by Gasteiger charge is -2.03. The summed E-state index contributed by atoms with van der Waals surface area (Å²) in [5, 5.41) is 10.5. The van der Waals surface area contributed by atoms with Crippen LogP contribution in [0.2, 0.25) is 0 Å². The molecule has 0 aliphatic carbocycles. The zero-order valence-corrected chi connectivity index (χ0v) is 9.95. The third-order valence-corrected chi connectivity index (χ3v) is 2.85. The molecule has 0 aliphatic rings. The van der Waals surface area contributed by atoms with Gasteiger partial charge in [-0.1, -0.05) is 12.1 Å². The van der Waals surface area contributed by atoms with Crippen LogP contribution in [-0.4, -0.2) is 9.49 Å². The lowest BCUT2D eigenvalue weighted by atomic mass is 10.1. The summed E-state index contributed by atoms with van der Waals surface area (Å²) in [5.74, 6) is 0. The van der Waals surface area contributed by atoms with Crippen molar-refractivity contribution in [2.24, 2.45) is 5.73 Å². The van der Waals surface area contributed by atoms with Gasteiger partial charge in [-0.05, 0) is 23.6 Å². The summed E-state index contributed by atoms with van der Waals surface area (Å²) in [6, 6.07) is 8.67. The molecule has 5 nitrogen and oxygen atoms in total. The quantitative estimate of drug-likeness (QED) is 0.647. The van der Waals surface area contributed by atoms with Gasteiger partial charge in [0.15, 0.2) is 0 Å². The fourth-order valence-corrected chi connectivity index (χ4v) is 1.79. The predicted octanol–water partition coefficient (Wildman–Crippen LogP) is 2.10. The molecule has 0 amide bonds. The van der Waals surface area contributed by atoms with Gasteiger partial charge in [0, 0.05) is 37.6 Å². The number of benzene rings is 1. The molecule has 0 saturated heterocycles. The maximum atomic E-state index is 10.5. The standard InChI is InChI=1S/C13H15N3O2/c14-9-12-6-8-15(10-12)7-5-11-1-3-13(4-2-11)16(17)18/h1-4,6,8,10H,5,7,9,14H2. The monoisotopic (exact) mass is 245 g/mol. The Kier molecular flexibility index (Phi) is 3.74. The number of rotatable bonds is 5. The summed E-state index contributed by atoms with van der Waals surface area (Å²) in [6.45, 7) is 1.39. The molecular weight excluding hydrogens is 230 g/mol. The van der Waals surface area contributed by atoms with E-state index >= 15 is 0 Å². The van der Waals surface area contributed by atoms with E-state index in [1.807, 2.05) is 18.5 Å². The summed E-state index contributed by atoms with van der Waals surface area (Å²) in [7, 11) is 0. The van der Waals surface area contributed by atoms with Crippen LogP contribution in [0.4, 0.5) is 5.69 Å². The number of nitro benzene ring substituents is 1. The SMILES string of the molecule is NCc1ccn(CCc2ccc([N+](=O)[O-])cc2)c1. The number of nitrogens with two attached hydrogens (primary N) is 1. The number of aryl methyl sites for hydroxylation is 2. The van der Waals surface area contributed by atoms with Gasteiger partial charge in [0.25, 0.3) is 5.69 Å². The first-order valence-electron chi connectivity index (χ1n) is 5.77. The molecule has 0 spiro atoms. The first-order chi connectivity index (χ1) is 8.69. The van der Waals surface area contributed by atoms with Crippen LogP contribution in [0.15, 0.2) is 42.7 Å². The Morgan fingerprint density at radius 1 is 1.17 bits per heavy atom. The molecular formula is C13H15N3O2. The average molecular weight is 245 g/mol. The number of non-ortho nitro benzene ring substituents is 1. The highest BCUT2D eigenvalue weighted by Crippen LogP contribution is 2.13. The van der Waals surface area contributed by atoms with Crippen molar-refractivity contribution < 1.29 is 4.92 Å². The third-order valence-electron chi connectivity index (χ3n) is 2.85. The first-order valence-corrected chi connectivity index (χ1v) is 5.77. The van der Waals surface area contributed by atoms with Crippen molar-refractivity contribution in [3.8, 4) is 0 Å². The van der Waals surface area contributed by atoms with Crippen LogP contribution in [0.3, 0.4) is 0 Å². The van der Waals surface area contributed by atoms with E-state index in [1.54, 1.807) is 12.1 Å². The highest BCUT2D eigenvalue weighted by molar-refractivity contribution is 5.32. The first kappa shape index (κ1) is 12.3. The van der Waals surface area contributed by atoms with Crippen molar-refractivity contribution in [3.63, 3.8) is 0 Å². The molecule has 94 valence electrons. The molecule has 0 bridgehead atoms. The van der Waals surface area contributed by atoms with Crippen LogP contribution < -0.4 is 5.73 Å². The summed E-state index contributed by atoms with van der Waals surface area (Å²) < 4.78 is 2.07. The summed E-state index contributed by atoms with van der Waals surface area (Å²) in [6.07, 6.45) is 4.86. The lowest BCUT2D eigenvalue weighted by molar-refractivity contribution is -0.384. The van der Waals surface area contributed by atoms with Gasteiger partial charge in [0.1, 0.15) is 0 Å². The van der Waals surface area contributed by atoms with E-state index in [0.717, 1.165) is 24.1 Å². The second-order valence-corrected chi connectivity index (χ2v) is 4.14. The zero-order chi connectivity index (χ0) is 13.0. The Morgan fingerprint density at radius 2 is 1.89 bits per heavy atom. The smallest absolute Gasteiger partial charge is 0.269 e. The Labute approximate surface area is 105 Å². The number of hydrogen-bond donors (Lipinski definition) is 1. The third kappa shape index (κ3) is 2.95. The van der Waals surface area contributed by atoms with Gasteiger partial charge in [0.2, 0.25) is 0 Å². The molecule has 0 radical (unpaired) electrons. The van der Waals surface area contributed by atoms with E-state index in [1.165, 1.54) is 12.1 Å². The second kappa shape index (κ2) is 5.46. The van der Waals surface area contributed by atoms with Gasteiger partial charge in [-0.3, -0.25) is 10.1 Å². The summed E-state index contributed by atoms with van der Waals surface area (Å²) in [4.78, 5) is 10.1. The molecule has 5 heteroatoms. The van der Waals surface area contributed by atoms with Crippen LogP contribution in [0.25, 0.3) is 0 Å². The number of nitrogens with zero attached hydrogens (tertiary/aromatic N) is 2. The van der Waals surface area contributed by atoms with Crippen molar-refractivity contribution in [2.75, 3.05) is 0 Å². The summed E-state index contributed by atoms with van der Waals surface area (Å²) >= 11 is 0. The van der Waals surface area contributed by atoms with Crippen LogP contribution in [0.5, 0.6) is 0 Å². The maximum Gasteiger partial charge on any atom is 0.269 e. The minimum absolute atomic E-state index is 0.130. The Morgan fingerprint density at radius 3 is 2.44 bits per heavy atom. The summed E-state index contributed by atoms with van der Waals surface area (Å²) in [5.41, 5.74) is 7.86. The molecule has 2 rings (SSSR count). The van der Waals surface area contributed by atoms with Crippen molar-refractivity contribution in [1.82, 2.24) is 4.57 Å². The minimum atomic E-state index is -0.386. The molecule has 0 unspecified atom stereocenters. The second-order valence-electron chi connectivity index (χ2n) is 4.14. The molecule has 0 atom stereocenters. The van der Waals surface area contributed by atoms with Gasteiger partial charge >= 0.3 is 0 Å². The van der Waals surface area contributed by atoms with Gasteiger partial charge < -0.3 is 10.3 Å². The average Bonchev–Trinajstić information content (AvgIpc) is 2.85. The predicted molar refractivity (Wildman–Crippen MR) is 69.1 cm³/mol. The number of hydrogen-bond acceptors (Lipinski definition) is 3. The van der Waals surface area contributed by atoms with Crippen LogP contribution >= 0.6 is 0 Å². The number of aromatic nitrogens is 1. The molecule has 18 heavy (non-hydrogen) atoms. The Bertz CT molecular complexity index is 531. The topological polar surface area (TPSA) is 74.1 Å². The van der Waals surface area contributed by atoms with Gasteiger partial charge in [0.05, 0.1) is 4.92 Å². The Balaban J connectivity index is 1.95. The maximum absolute atomic E-state index is 10.5. The largest absolute Gasteiger partial charge is 0.354 e. The fraction of sp³-hybridized carbons (Fsp3) is 0.231. The Hall–Kier alpha value is -2.14. The molecule has 0 fully saturated rings. The van der Waals surface area contributed by atoms with Gasteiger partial charge in [-0.15, -0.1) is 0 Å². The molecule has 1 aromatic heterocycles. The normalized spacial score (nSPS) is 10.5. The molecule has 1 heterocycles. The molecule has 0 saturated carbocycles. The van der Waals surface area contributed by atoms with E-state index in [9.17, 15) is 10.1 Å². The van der Waals surface area contributed by atoms with Crippen LogP contribution in [0, 0.1) is 10.1 Å². The highest BCUT2D eigenvalue weighted by atomic mass is 16.6. The van der Waals surface area contributed by atoms with E-state index < -0.39 is 0 Å². The van der Waals surface area contributed by atoms with Crippen molar-refractivity contribution in [3.05, 3.63) is 64.0 Å². The van der Waals surface area contributed by atoms with Crippen molar-refractivity contribution in [1.29, 1.82) is 0 Å². The highest BCUT2D eigenvalue weighted by Gasteiger charge is 2.03. The van der Waals surface area contributed by atoms with Crippen molar-refractivity contribution in [2.45, 2.75) is 19.5 Å². The molecule has 2 aromatic rings. The fourth-order valence-electron chi connectivity index (χ4n) is 1.79. The van der Waals surface area contributed by atoms with Crippen LogP contribution in [0.1, 0.15) is 11.1 Å². The van der Waals surface area contributed by atoms with E-state index in [2.05, 4.69) is 4.57 Å². The zero-order valence-electron chi connectivity index (χ0n) is 9.95. The van der Waals surface area contributed by atoms with Crippen LogP contribution in [-0.2, 0) is 19.5 Å². The van der Waals surface area contributed by atoms with E-state index in [0.29, 0.717) is 6.54 Å². The molecule has 2 N–H and O–H groups in total. The molecule has 0 aliphatic heterocycles. The van der Waals surface area contributed by atoms with Gasteiger partial charge in [-0.2, -0.15) is 0 Å². The minimum Gasteiger partial charge on any atom is -0.354 e. The van der Waals surface area contributed by atoms with E-state index in [4.69, 9.17) is 5.73 Å². The van der Waals surface area contributed by atoms with Gasteiger partial charge in [-0.25, -0.2) is 0 Å². The lowest BCUT2D eigenvalue weighted by Crippen LogP contribution is -1.99.